The first-order chi connectivity index (χ1) is 21.2. The standard InChI is InChI=1S/C24H42O21/c25-1-6-10(29)13(32)16(35)21(40-6)39-4-9-11(30)14(33)17(36)22(42-9)43-19-8(3-27)41-23(18(37)15(19)34)45-24(5-28)20(38)12(31)7(2-26)44-24/h6-23,25-38H,1-5H2/t6-,7-,8-,9-,10?,11?,12?,13?,14?,15+,16?,17?,18-,19-,20?,21?,22?,23-,24+/m1/s1. The lowest BCUT2D eigenvalue weighted by Crippen LogP contribution is -2.66. The summed E-state index contributed by atoms with van der Waals surface area (Å²) >= 11 is 0. The van der Waals surface area contributed by atoms with Crippen LogP contribution in [0, 0.1) is 0 Å². The van der Waals surface area contributed by atoms with Crippen LogP contribution in [0.5, 0.6) is 0 Å². The molecule has 0 bridgehead atoms. The van der Waals surface area contributed by atoms with Gasteiger partial charge in [0.2, 0.25) is 5.79 Å². The monoisotopic (exact) mass is 666 g/mol. The van der Waals surface area contributed by atoms with Crippen LogP contribution < -0.4 is 0 Å². The minimum atomic E-state index is -2.43. The highest BCUT2D eigenvalue weighted by Crippen LogP contribution is 2.37. The molecule has 0 radical (unpaired) electrons. The maximum atomic E-state index is 10.9. The molecule has 4 fully saturated rings. The van der Waals surface area contributed by atoms with E-state index in [1.807, 2.05) is 0 Å². The topological polar surface area (TPSA) is 348 Å². The summed E-state index contributed by atoms with van der Waals surface area (Å²) in [6.45, 7) is -4.25. The average Bonchev–Trinajstić information content (AvgIpc) is 3.28. The molecule has 264 valence electrons. The molecule has 0 spiro atoms. The zero-order valence-electron chi connectivity index (χ0n) is 23.5. The van der Waals surface area contributed by atoms with Crippen LogP contribution in [0.25, 0.3) is 0 Å². The van der Waals surface area contributed by atoms with Gasteiger partial charge in [-0.15, -0.1) is 0 Å². The molecular weight excluding hydrogens is 624 g/mol. The average molecular weight is 667 g/mol. The van der Waals surface area contributed by atoms with E-state index in [0.29, 0.717) is 0 Å². The second kappa shape index (κ2) is 15.1. The van der Waals surface area contributed by atoms with Crippen LogP contribution in [-0.4, -0.2) is 221 Å². The highest BCUT2D eigenvalue weighted by atomic mass is 16.8. The van der Waals surface area contributed by atoms with Gasteiger partial charge in [0.1, 0.15) is 98.2 Å². The van der Waals surface area contributed by atoms with Crippen LogP contribution >= 0.6 is 0 Å². The van der Waals surface area contributed by atoms with E-state index in [4.69, 9.17) is 33.2 Å². The van der Waals surface area contributed by atoms with Gasteiger partial charge in [0.05, 0.1) is 26.4 Å². The lowest BCUT2D eigenvalue weighted by atomic mass is 9.96. The normalized spacial score (nSPS) is 52.7. The molecule has 14 N–H and O–H groups in total. The molecule has 19 atom stereocenters. The van der Waals surface area contributed by atoms with Crippen LogP contribution in [0.15, 0.2) is 0 Å². The Morgan fingerprint density at radius 2 is 1.00 bits per heavy atom. The summed E-state index contributed by atoms with van der Waals surface area (Å²) in [6, 6.07) is 0. The van der Waals surface area contributed by atoms with Crippen molar-refractivity contribution in [1.29, 1.82) is 0 Å². The summed E-state index contributed by atoms with van der Waals surface area (Å²) in [5.41, 5.74) is 0. The Kier molecular flexibility index (Phi) is 12.5. The molecule has 21 heteroatoms. The number of aliphatic hydroxyl groups is 14. The van der Waals surface area contributed by atoms with Crippen LogP contribution in [0.1, 0.15) is 0 Å². The number of ether oxygens (including phenoxy) is 7. The highest BCUT2D eigenvalue weighted by molar-refractivity contribution is 4.99. The van der Waals surface area contributed by atoms with Crippen molar-refractivity contribution >= 4 is 0 Å². The zero-order chi connectivity index (χ0) is 33.4. The molecule has 0 aromatic carbocycles. The summed E-state index contributed by atoms with van der Waals surface area (Å²) in [6.07, 6.45) is -31.8. The van der Waals surface area contributed by atoms with E-state index in [2.05, 4.69) is 0 Å². The van der Waals surface area contributed by atoms with Gasteiger partial charge >= 0.3 is 0 Å². The number of aliphatic hydroxyl groups excluding tert-OH is 14. The molecule has 0 saturated carbocycles. The van der Waals surface area contributed by atoms with Crippen molar-refractivity contribution in [3.63, 3.8) is 0 Å². The van der Waals surface area contributed by atoms with Gasteiger partial charge in [0.25, 0.3) is 0 Å². The fourth-order valence-corrected chi connectivity index (χ4v) is 5.50. The van der Waals surface area contributed by atoms with Crippen molar-refractivity contribution in [2.45, 2.75) is 116 Å². The van der Waals surface area contributed by atoms with E-state index in [9.17, 15) is 71.5 Å². The first-order valence-electron chi connectivity index (χ1n) is 14.1. The molecule has 0 amide bonds. The van der Waals surface area contributed by atoms with Gasteiger partial charge in [-0.25, -0.2) is 0 Å². The number of hydrogen-bond acceptors (Lipinski definition) is 21. The second-order valence-electron chi connectivity index (χ2n) is 11.2. The minimum Gasteiger partial charge on any atom is -0.394 e. The molecule has 45 heavy (non-hydrogen) atoms. The third kappa shape index (κ3) is 7.15. The van der Waals surface area contributed by atoms with Crippen molar-refractivity contribution in [1.82, 2.24) is 0 Å². The quantitative estimate of drug-likeness (QED) is 0.0973. The minimum absolute atomic E-state index is 0.689. The van der Waals surface area contributed by atoms with Crippen molar-refractivity contribution in [2.75, 3.05) is 33.0 Å². The van der Waals surface area contributed by atoms with Gasteiger partial charge in [-0.2, -0.15) is 0 Å². The zero-order valence-corrected chi connectivity index (χ0v) is 23.5. The lowest BCUT2D eigenvalue weighted by molar-refractivity contribution is -0.399. The molecule has 0 aliphatic carbocycles. The third-order valence-electron chi connectivity index (χ3n) is 8.28. The van der Waals surface area contributed by atoms with Gasteiger partial charge in [0.15, 0.2) is 18.9 Å². The van der Waals surface area contributed by atoms with Gasteiger partial charge in [0, 0.05) is 0 Å². The van der Waals surface area contributed by atoms with Crippen LogP contribution in [0.3, 0.4) is 0 Å². The van der Waals surface area contributed by atoms with E-state index < -0.39 is 149 Å². The molecular formula is C24H42O21. The lowest BCUT2D eigenvalue weighted by Gasteiger charge is -2.47. The van der Waals surface area contributed by atoms with Crippen LogP contribution in [0.2, 0.25) is 0 Å². The summed E-state index contributed by atoms with van der Waals surface area (Å²) < 4.78 is 37.7. The van der Waals surface area contributed by atoms with Crippen LogP contribution in [0.4, 0.5) is 0 Å². The Balaban J connectivity index is 1.43. The summed E-state index contributed by atoms with van der Waals surface area (Å²) in [4.78, 5) is 0. The predicted molar refractivity (Wildman–Crippen MR) is 134 cm³/mol. The smallest absolute Gasteiger partial charge is 0.224 e. The first-order valence-corrected chi connectivity index (χ1v) is 14.1. The third-order valence-corrected chi connectivity index (χ3v) is 8.28. The number of hydrogen-bond donors (Lipinski definition) is 14. The molecule has 4 heterocycles. The summed E-state index contributed by atoms with van der Waals surface area (Å²) in [5, 5.41) is 142. The molecule has 4 aliphatic heterocycles. The van der Waals surface area contributed by atoms with Gasteiger partial charge in [-0.05, 0) is 0 Å². The Labute approximate surface area is 254 Å². The van der Waals surface area contributed by atoms with E-state index >= 15 is 0 Å². The van der Waals surface area contributed by atoms with E-state index in [-0.39, 0.29) is 0 Å². The SMILES string of the molecule is OC[C@H]1OC(OC[C@H]2OC(O[C@H]3[C@@H](O)[C@@H](O)[C@@H](O[C@]4(CO)O[C@H](CO)C(O)C4O)O[C@@H]3CO)C(O)C(O)C2O)C(O)C(O)C1O. The molecule has 4 rings (SSSR count). The highest BCUT2D eigenvalue weighted by Gasteiger charge is 2.59. The summed E-state index contributed by atoms with van der Waals surface area (Å²) in [7, 11) is 0. The maximum Gasteiger partial charge on any atom is 0.224 e. The fraction of sp³-hybridized carbons (Fsp3) is 1.00. The van der Waals surface area contributed by atoms with Crippen molar-refractivity contribution in [2.24, 2.45) is 0 Å². The Morgan fingerprint density at radius 3 is 1.56 bits per heavy atom. The molecule has 21 nitrogen and oxygen atoms in total. The molecule has 4 aliphatic rings. The Morgan fingerprint density at radius 1 is 0.489 bits per heavy atom. The molecule has 4 saturated heterocycles. The van der Waals surface area contributed by atoms with Crippen LogP contribution in [-0.2, 0) is 33.2 Å². The molecule has 10 unspecified atom stereocenters. The summed E-state index contributed by atoms with van der Waals surface area (Å²) in [5.74, 6) is -2.43. The van der Waals surface area contributed by atoms with Crippen molar-refractivity contribution < 1.29 is 105 Å². The molecule has 0 aromatic heterocycles. The van der Waals surface area contributed by atoms with E-state index in [1.165, 1.54) is 0 Å². The van der Waals surface area contributed by atoms with Gasteiger partial charge < -0.3 is 105 Å². The Hall–Kier alpha value is -0.840. The van der Waals surface area contributed by atoms with Crippen molar-refractivity contribution in [3.05, 3.63) is 0 Å². The largest absolute Gasteiger partial charge is 0.394 e. The Bertz CT molecular complexity index is 929. The predicted octanol–water partition coefficient (Wildman–Crippen LogP) is -9.75. The van der Waals surface area contributed by atoms with E-state index in [1.54, 1.807) is 0 Å². The second-order valence-corrected chi connectivity index (χ2v) is 11.2. The molecule has 0 aromatic rings. The van der Waals surface area contributed by atoms with E-state index in [0.717, 1.165) is 0 Å². The fourth-order valence-electron chi connectivity index (χ4n) is 5.50. The van der Waals surface area contributed by atoms with Gasteiger partial charge in [-0.3, -0.25) is 0 Å². The first kappa shape index (κ1) is 37.0. The van der Waals surface area contributed by atoms with Gasteiger partial charge in [-0.1, -0.05) is 0 Å². The van der Waals surface area contributed by atoms with Crippen molar-refractivity contribution in [3.8, 4) is 0 Å². The number of rotatable bonds is 11. The maximum absolute atomic E-state index is 10.9.